The summed E-state index contributed by atoms with van der Waals surface area (Å²) in [6.45, 7) is 0. The molecule has 0 aliphatic rings. The molecule has 0 fully saturated rings. The number of halogens is 6. The number of benzene rings is 1. The Morgan fingerprint density at radius 2 is 1.55 bits per heavy atom. The largest absolute Gasteiger partial charge is 0.417 e. The Bertz CT molecular complexity index is 702. The van der Waals surface area contributed by atoms with E-state index in [0.717, 1.165) is 0 Å². The molecule has 1 N–H and O–H groups in total. The third-order valence-corrected chi connectivity index (χ3v) is 3.32. The van der Waals surface area contributed by atoms with Crippen molar-refractivity contribution in [1.82, 2.24) is 4.98 Å². The van der Waals surface area contributed by atoms with Crippen molar-refractivity contribution in [3.05, 3.63) is 55.4 Å². The van der Waals surface area contributed by atoms with Crippen LogP contribution in [-0.4, -0.2) is 4.98 Å². The van der Waals surface area contributed by atoms with Gasteiger partial charge >= 0.3 is 6.18 Å². The zero-order valence-corrected chi connectivity index (χ0v) is 11.8. The van der Waals surface area contributed by atoms with E-state index in [1.165, 1.54) is 12.1 Å². The lowest BCUT2D eigenvalue weighted by Gasteiger charge is -2.10. The molecule has 0 atom stereocenters. The summed E-state index contributed by atoms with van der Waals surface area (Å²) in [4.78, 5) is 13.7. The number of aromatic nitrogens is 1. The molecule has 0 saturated carbocycles. The first-order chi connectivity index (χ1) is 9.20. The lowest BCUT2D eigenvalue weighted by Crippen LogP contribution is -2.14. The third-order valence-electron chi connectivity index (χ3n) is 2.51. The van der Waals surface area contributed by atoms with Crippen molar-refractivity contribution in [2.24, 2.45) is 0 Å². The van der Waals surface area contributed by atoms with Gasteiger partial charge in [-0.3, -0.25) is 4.79 Å². The lowest BCUT2D eigenvalue weighted by molar-refractivity contribution is -0.137. The zero-order chi connectivity index (χ0) is 15.1. The van der Waals surface area contributed by atoms with Crippen LogP contribution in [0.1, 0.15) is 5.56 Å². The van der Waals surface area contributed by atoms with Crippen LogP contribution >= 0.6 is 34.8 Å². The standard InChI is InChI=1S/C12H5Cl3F3NO/c13-6-2-8(14)10(9(15)3-6)7-1-5(12(16,17)18)4-19-11(7)20/h1-4H,(H,19,20). The molecule has 106 valence electrons. The summed E-state index contributed by atoms with van der Waals surface area (Å²) in [5, 5.41) is 0.201. The minimum atomic E-state index is -4.59. The molecule has 8 heteroatoms. The zero-order valence-electron chi connectivity index (χ0n) is 9.49. The van der Waals surface area contributed by atoms with Gasteiger partial charge in [-0.05, 0) is 18.2 Å². The van der Waals surface area contributed by atoms with Crippen molar-refractivity contribution >= 4 is 34.8 Å². The van der Waals surface area contributed by atoms with Gasteiger partial charge in [0.2, 0.25) is 0 Å². The van der Waals surface area contributed by atoms with Crippen LogP contribution in [0, 0.1) is 0 Å². The second-order valence-electron chi connectivity index (χ2n) is 3.87. The van der Waals surface area contributed by atoms with Crippen LogP contribution in [0.2, 0.25) is 15.1 Å². The van der Waals surface area contributed by atoms with Crippen molar-refractivity contribution in [2.75, 3.05) is 0 Å². The highest BCUT2D eigenvalue weighted by atomic mass is 35.5. The van der Waals surface area contributed by atoms with E-state index in [9.17, 15) is 18.0 Å². The van der Waals surface area contributed by atoms with E-state index in [1.807, 2.05) is 4.98 Å². The molecule has 1 aromatic carbocycles. The van der Waals surface area contributed by atoms with Gasteiger partial charge in [-0.25, -0.2) is 0 Å². The average molecular weight is 343 g/mol. The third kappa shape index (κ3) is 2.95. The van der Waals surface area contributed by atoms with Crippen molar-refractivity contribution in [3.8, 4) is 11.1 Å². The van der Waals surface area contributed by atoms with Crippen LogP contribution in [0.5, 0.6) is 0 Å². The Hall–Kier alpha value is -1.17. The number of rotatable bonds is 1. The molecule has 0 spiro atoms. The summed E-state index contributed by atoms with van der Waals surface area (Å²) in [5.74, 6) is 0. The van der Waals surface area contributed by atoms with Crippen LogP contribution in [0.15, 0.2) is 29.2 Å². The maximum atomic E-state index is 12.7. The number of aromatic amines is 1. The van der Waals surface area contributed by atoms with E-state index < -0.39 is 17.3 Å². The SMILES string of the molecule is O=c1[nH]cc(C(F)(F)F)cc1-c1c(Cl)cc(Cl)cc1Cl. The predicted octanol–water partition coefficient (Wildman–Crippen LogP) is 5.02. The molecule has 0 saturated heterocycles. The van der Waals surface area contributed by atoms with Gasteiger partial charge in [0.05, 0.1) is 21.2 Å². The highest BCUT2D eigenvalue weighted by Gasteiger charge is 2.31. The quantitative estimate of drug-likeness (QED) is 0.775. The maximum Gasteiger partial charge on any atom is 0.417 e. The highest BCUT2D eigenvalue weighted by Crippen LogP contribution is 2.37. The monoisotopic (exact) mass is 341 g/mol. The fraction of sp³-hybridized carbons (Fsp3) is 0.0833. The molecule has 0 aliphatic carbocycles. The summed E-state index contributed by atoms with van der Waals surface area (Å²) in [5.41, 5.74) is -2.00. The maximum absolute atomic E-state index is 12.7. The molecular formula is C12H5Cl3F3NO. The molecule has 1 aromatic heterocycles. The Morgan fingerprint density at radius 3 is 2.05 bits per heavy atom. The van der Waals surface area contributed by atoms with Gasteiger partial charge in [0.15, 0.2) is 0 Å². The average Bonchev–Trinajstić information content (AvgIpc) is 2.28. The van der Waals surface area contributed by atoms with Gasteiger partial charge in [-0.1, -0.05) is 34.8 Å². The van der Waals surface area contributed by atoms with Crippen LogP contribution in [0.3, 0.4) is 0 Å². The molecule has 2 aromatic rings. The van der Waals surface area contributed by atoms with Gasteiger partial charge in [0, 0.05) is 16.8 Å². The van der Waals surface area contributed by atoms with Crippen LogP contribution in [-0.2, 0) is 6.18 Å². The lowest BCUT2D eigenvalue weighted by atomic mass is 10.1. The highest BCUT2D eigenvalue weighted by molar-refractivity contribution is 6.41. The van der Waals surface area contributed by atoms with E-state index in [4.69, 9.17) is 34.8 Å². The van der Waals surface area contributed by atoms with Gasteiger partial charge in [0.25, 0.3) is 5.56 Å². The number of hydrogen-bond donors (Lipinski definition) is 1. The van der Waals surface area contributed by atoms with Crippen LogP contribution in [0.4, 0.5) is 13.2 Å². The predicted molar refractivity (Wildman–Crippen MR) is 72.5 cm³/mol. The van der Waals surface area contributed by atoms with Gasteiger partial charge in [-0.2, -0.15) is 13.2 Å². The Kier molecular flexibility index (Phi) is 4.04. The molecule has 0 radical (unpaired) electrons. The van der Waals surface area contributed by atoms with E-state index in [1.54, 1.807) is 0 Å². The fourth-order valence-electron chi connectivity index (χ4n) is 1.63. The van der Waals surface area contributed by atoms with Crippen molar-refractivity contribution < 1.29 is 13.2 Å². The Morgan fingerprint density at radius 1 is 1.00 bits per heavy atom. The molecular weight excluding hydrogens is 337 g/mol. The number of hydrogen-bond acceptors (Lipinski definition) is 1. The topological polar surface area (TPSA) is 32.9 Å². The first kappa shape index (κ1) is 15.2. The summed E-state index contributed by atoms with van der Waals surface area (Å²) >= 11 is 17.5. The summed E-state index contributed by atoms with van der Waals surface area (Å²) in [6.07, 6.45) is -4.01. The number of pyridine rings is 1. The smallest absolute Gasteiger partial charge is 0.328 e. The normalized spacial score (nSPS) is 11.7. The Balaban J connectivity index is 2.73. The molecule has 0 amide bonds. The summed E-state index contributed by atoms with van der Waals surface area (Å²) in [6, 6.07) is 3.29. The minimum absolute atomic E-state index is 0.00471. The molecule has 2 rings (SSSR count). The van der Waals surface area contributed by atoms with Crippen molar-refractivity contribution in [1.29, 1.82) is 0 Å². The molecule has 1 heterocycles. The second-order valence-corrected chi connectivity index (χ2v) is 5.12. The fourth-order valence-corrected chi connectivity index (χ4v) is 2.65. The minimum Gasteiger partial charge on any atom is -0.328 e. The molecule has 0 unspecified atom stereocenters. The Labute approximate surface area is 126 Å². The number of nitrogens with one attached hydrogen (secondary N) is 1. The number of alkyl halides is 3. The van der Waals surface area contributed by atoms with Crippen LogP contribution < -0.4 is 5.56 Å². The first-order valence-corrected chi connectivity index (χ1v) is 6.28. The second kappa shape index (κ2) is 5.31. The van der Waals surface area contributed by atoms with Crippen molar-refractivity contribution in [3.63, 3.8) is 0 Å². The molecule has 2 nitrogen and oxygen atoms in total. The van der Waals surface area contributed by atoms with Gasteiger partial charge in [0.1, 0.15) is 0 Å². The first-order valence-electron chi connectivity index (χ1n) is 5.15. The number of H-pyrrole nitrogens is 1. The van der Waals surface area contributed by atoms with Gasteiger partial charge < -0.3 is 4.98 Å². The van der Waals surface area contributed by atoms with E-state index in [-0.39, 0.29) is 26.2 Å². The molecule has 0 bridgehead atoms. The van der Waals surface area contributed by atoms with E-state index >= 15 is 0 Å². The van der Waals surface area contributed by atoms with E-state index in [0.29, 0.717) is 12.3 Å². The summed E-state index contributed by atoms with van der Waals surface area (Å²) in [7, 11) is 0. The molecule has 0 aliphatic heterocycles. The van der Waals surface area contributed by atoms with Gasteiger partial charge in [-0.15, -0.1) is 0 Å². The van der Waals surface area contributed by atoms with Crippen molar-refractivity contribution in [2.45, 2.75) is 6.18 Å². The molecule has 20 heavy (non-hydrogen) atoms. The van der Waals surface area contributed by atoms with E-state index in [2.05, 4.69) is 0 Å². The van der Waals surface area contributed by atoms with Crippen LogP contribution in [0.25, 0.3) is 11.1 Å². The summed E-state index contributed by atoms with van der Waals surface area (Å²) < 4.78 is 38.0.